The Hall–Kier alpha value is -0.960. The van der Waals surface area contributed by atoms with Gasteiger partial charge >= 0.3 is 0 Å². The number of nitrogens with one attached hydrogen (secondary N) is 1. The highest BCUT2D eigenvalue weighted by Crippen LogP contribution is 2.32. The molecule has 74 valence electrons. The van der Waals surface area contributed by atoms with Gasteiger partial charge in [-0.05, 0) is 26.0 Å². The van der Waals surface area contributed by atoms with Crippen molar-refractivity contribution in [1.29, 1.82) is 0 Å². The van der Waals surface area contributed by atoms with Crippen molar-refractivity contribution in [2.75, 3.05) is 11.9 Å². The summed E-state index contributed by atoms with van der Waals surface area (Å²) in [6.07, 6.45) is 0. The Morgan fingerprint density at radius 3 is 2.57 bits per heavy atom. The number of hydrogen-bond acceptors (Lipinski definition) is 3. The Bertz CT molecular complexity index is 344. The van der Waals surface area contributed by atoms with Gasteiger partial charge in [0.1, 0.15) is 0 Å². The van der Waals surface area contributed by atoms with Crippen LogP contribution >= 0.6 is 11.8 Å². The van der Waals surface area contributed by atoms with E-state index in [-0.39, 0.29) is 4.75 Å². The molecule has 1 aliphatic heterocycles. The molecule has 0 saturated heterocycles. The van der Waals surface area contributed by atoms with E-state index < -0.39 is 0 Å². The van der Waals surface area contributed by atoms with Crippen LogP contribution in [0.3, 0.4) is 0 Å². The van der Waals surface area contributed by atoms with Crippen molar-refractivity contribution in [2.45, 2.75) is 18.6 Å². The molecule has 1 aromatic carbocycles. The molecule has 1 aromatic rings. The number of thioether (sulfide) groups is 1. The van der Waals surface area contributed by atoms with Crippen molar-refractivity contribution in [3.63, 3.8) is 0 Å². The van der Waals surface area contributed by atoms with Gasteiger partial charge in [-0.3, -0.25) is 4.99 Å². The molecule has 0 spiro atoms. The van der Waals surface area contributed by atoms with Gasteiger partial charge in [0.25, 0.3) is 0 Å². The second kappa shape index (κ2) is 3.65. The number of aliphatic imine (C=N–C) groups is 1. The predicted molar refractivity (Wildman–Crippen MR) is 64.0 cm³/mol. The van der Waals surface area contributed by atoms with Gasteiger partial charge in [0.2, 0.25) is 0 Å². The maximum Gasteiger partial charge on any atom is 0.161 e. The number of hydrogen-bond donors (Lipinski definition) is 1. The molecule has 1 N–H and O–H groups in total. The lowest BCUT2D eigenvalue weighted by atomic mass is 10.2. The summed E-state index contributed by atoms with van der Waals surface area (Å²) in [6.45, 7) is 5.31. The molecule has 0 aromatic heterocycles. The van der Waals surface area contributed by atoms with Crippen LogP contribution in [0, 0.1) is 0 Å². The molecular weight excluding hydrogens is 192 g/mol. The van der Waals surface area contributed by atoms with Gasteiger partial charge in [-0.2, -0.15) is 0 Å². The summed E-state index contributed by atoms with van der Waals surface area (Å²) in [4.78, 5) is 4.45. The molecule has 0 unspecified atom stereocenters. The van der Waals surface area contributed by atoms with Gasteiger partial charge < -0.3 is 5.32 Å². The standard InChI is InChI=1S/C11H14N2S/c1-11(2)8-12-10(14-11)13-9-6-4-3-5-7-9/h3-7H,8H2,1-2H3,(H,12,13). The zero-order chi connectivity index (χ0) is 10.0. The third-order valence-corrected chi connectivity index (χ3v) is 3.11. The van der Waals surface area contributed by atoms with Gasteiger partial charge in [0.15, 0.2) is 5.17 Å². The molecule has 2 nitrogen and oxygen atoms in total. The monoisotopic (exact) mass is 206 g/mol. The van der Waals surface area contributed by atoms with Gasteiger partial charge in [-0.1, -0.05) is 30.0 Å². The first-order valence-electron chi connectivity index (χ1n) is 4.71. The quantitative estimate of drug-likeness (QED) is 0.764. The van der Waals surface area contributed by atoms with Crippen LogP contribution in [0.15, 0.2) is 35.3 Å². The minimum atomic E-state index is 0.247. The van der Waals surface area contributed by atoms with E-state index in [9.17, 15) is 0 Å². The summed E-state index contributed by atoms with van der Waals surface area (Å²) in [6, 6.07) is 10.2. The lowest BCUT2D eigenvalue weighted by Gasteiger charge is -2.14. The van der Waals surface area contributed by atoms with Crippen LogP contribution in [0.25, 0.3) is 0 Å². The average Bonchev–Trinajstić information content (AvgIpc) is 2.47. The van der Waals surface area contributed by atoms with Gasteiger partial charge in [0.05, 0.1) is 6.54 Å². The molecule has 1 aliphatic rings. The maximum absolute atomic E-state index is 4.45. The van der Waals surface area contributed by atoms with E-state index in [1.54, 1.807) is 11.8 Å². The summed E-state index contributed by atoms with van der Waals surface area (Å²) in [5.74, 6) is 0. The second-order valence-corrected chi connectivity index (χ2v) is 5.67. The van der Waals surface area contributed by atoms with Crippen LogP contribution in [0.1, 0.15) is 13.8 Å². The third kappa shape index (κ3) is 2.29. The first-order chi connectivity index (χ1) is 6.66. The van der Waals surface area contributed by atoms with Crippen LogP contribution in [-0.4, -0.2) is 16.5 Å². The Morgan fingerprint density at radius 1 is 1.29 bits per heavy atom. The molecule has 0 atom stereocenters. The van der Waals surface area contributed by atoms with Gasteiger partial charge in [-0.15, -0.1) is 0 Å². The van der Waals surface area contributed by atoms with Gasteiger partial charge in [0, 0.05) is 10.4 Å². The van der Waals surface area contributed by atoms with Crippen molar-refractivity contribution < 1.29 is 0 Å². The lowest BCUT2D eigenvalue weighted by Crippen LogP contribution is -2.16. The fraction of sp³-hybridized carbons (Fsp3) is 0.364. The Morgan fingerprint density at radius 2 is 2.00 bits per heavy atom. The number of nitrogens with zero attached hydrogens (tertiary/aromatic N) is 1. The molecule has 2 rings (SSSR count). The summed E-state index contributed by atoms with van der Waals surface area (Å²) in [5, 5.41) is 4.34. The third-order valence-electron chi connectivity index (χ3n) is 2.00. The summed E-state index contributed by atoms with van der Waals surface area (Å²) >= 11 is 1.80. The second-order valence-electron chi connectivity index (χ2n) is 3.97. The number of benzene rings is 1. The van der Waals surface area contributed by atoms with Crippen molar-refractivity contribution >= 4 is 22.6 Å². The highest BCUT2D eigenvalue weighted by Gasteiger charge is 2.26. The molecule has 1 heterocycles. The van der Waals surface area contributed by atoms with Crippen molar-refractivity contribution in [1.82, 2.24) is 0 Å². The summed E-state index contributed by atoms with van der Waals surface area (Å²) < 4.78 is 0.247. The molecular formula is C11H14N2S. The van der Waals surface area contributed by atoms with E-state index in [1.165, 1.54) is 0 Å². The Balaban J connectivity index is 2.01. The van der Waals surface area contributed by atoms with Crippen molar-refractivity contribution in [2.24, 2.45) is 4.99 Å². The molecule has 3 heteroatoms. The Kier molecular flexibility index (Phi) is 2.50. The number of para-hydroxylation sites is 1. The Labute approximate surface area is 88.8 Å². The average molecular weight is 206 g/mol. The normalized spacial score (nSPS) is 19.1. The minimum absolute atomic E-state index is 0.247. The lowest BCUT2D eigenvalue weighted by molar-refractivity contribution is 0.741. The van der Waals surface area contributed by atoms with Crippen LogP contribution in [0.5, 0.6) is 0 Å². The molecule has 0 radical (unpaired) electrons. The van der Waals surface area contributed by atoms with E-state index in [0.29, 0.717) is 0 Å². The molecule has 0 amide bonds. The minimum Gasteiger partial charge on any atom is -0.335 e. The fourth-order valence-corrected chi connectivity index (χ4v) is 2.25. The van der Waals surface area contributed by atoms with Crippen LogP contribution in [0.2, 0.25) is 0 Å². The summed E-state index contributed by atoms with van der Waals surface area (Å²) in [5.41, 5.74) is 1.11. The summed E-state index contributed by atoms with van der Waals surface area (Å²) in [7, 11) is 0. The SMILES string of the molecule is CC1(C)CN=C(Nc2ccccc2)S1. The molecule has 0 fully saturated rings. The van der Waals surface area contributed by atoms with Crippen molar-refractivity contribution in [3.05, 3.63) is 30.3 Å². The number of anilines is 1. The van der Waals surface area contributed by atoms with Crippen LogP contribution in [-0.2, 0) is 0 Å². The van der Waals surface area contributed by atoms with E-state index in [2.05, 4.69) is 36.3 Å². The smallest absolute Gasteiger partial charge is 0.161 e. The number of rotatable bonds is 1. The first kappa shape index (κ1) is 9.59. The van der Waals surface area contributed by atoms with E-state index in [0.717, 1.165) is 17.4 Å². The largest absolute Gasteiger partial charge is 0.335 e. The van der Waals surface area contributed by atoms with Gasteiger partial charge in [-0.25, -0.2) is 0 Å². The highest BCUT2D eigenvalue weighted by molar-refractivity contribution is 8.15. The zero-order valence-electron chi connectivity index (χ0n) is 8.45. The molecule has 0 aliphatic carbocycles. The van der Waals surface area contributed by atoms with E-state index >= 15 is 0 Å². The van der Waals surface area contributed by atoms with E-state index in [4.69, 9.17) is 0 Å². The molecule has 0 saturated carbocycles. The predicted octanol–water partition coefficient (Wildman–Crippen LogP) is 2.98. The van der Waals surface area contributed by atoms with Crippen LogP contribution < -0.4 is 5.32 Å². The van der Waals surface area contributed by atoms with E-state index in [1.807, 2.05) is 18.2 Å². The highest BCUT2D eigenvalue weighted by atomic mass is 32.2. The van der Waals surface area contributed by atoms with Crippen LogP contribution in [0.4, 0.5) is 5.69 Å². The van der Waals surface area contributed by atoms with Crippen molar-refractivity contribution in [3.8, 4) is 0 Å². The first-order valence-corrected chi connectivity index (χ1v) is 5.53. The molecule has 14 heavy (non-hydrogen) atoms. The maximum atomic E-state index is 4.45. The molecule has 0 bridgehead atoms. The fourth-order valence-electron chi connectivity index (χ4n) is 1.30. The number of amidine groups is 1. The zero-order valence-corrected chi connectivity index (χ0v) is 9.27. The topological polar surface area (TPSA) is 24.4 Å².